The van der Waals surface area contributed by atoms with Gasteiger partial charge in [0.1, 0.15) is 5.75 Å². The fourth-order valence-electron chi connectivity index (χ4n) is 1.43. The largest absolute Gasteiger partial charge is 0.496 e. The van der Waals surface area contributed by atoms with Crippen molar-refractivity contribution in [3.8, 4) is 5.75 Å². The Hall–Kier alpha value is -0.990. The van der Waals surface area contributed by atoms with Gasteiger partial charge in [-0.3, -0.25) is 0 Å². The second kappa shape index (κ2) is 7.32. The van der Waals surface area contributed by atoms with Gasteiger partial charge >= 0.3 is 0 Å². The zero-order valence-corrected chi connectivity index (χ0v) is 9.80. The number of methoxy groups -OCH3 is 1. The Bertz CT molecular complexity index is 301. The number of para-hydroxylation sites is 1. The van der Waals surface area contributed by atoms with E-state index in [1.165, 1.54) is 0 Å². The van der Waals surface area contributed by atoms with Crippen LogP contribution in [-0.4, -0.2) is 7.11 Å². The average Bonchev–Trinajstić information content (AvgIpc) is 2.25. The van der Waals surface area contributed by atoms with E-state index in [2.05, 4.69) is 6.58 Å². The Morgan fingerprint density at radius 1 is 1.47 bits per heavy atom. The molecule has 1 rings (SSSR count). The summed E-state index contributed by atoms with van der Waals surface area (Å²) in [5.41, 5.74) is 7.10. The topological polar surface area (TPSA) is 35.2 Å². The molecule has 0 unspecified atom stereocenters. The molecular weight excluding hydrogens is 210 g/mol. The fraction of sp³-hybridized carbons (Fsp3) is 0.333. The molecule has 0 saturated heterocycles. The Kier molecular flexibility index (Phi) is 6.84. The van der Waals surface area contributed by atoms with E-state index in [1.54, 1.807) is 7.11 Å². The van der Waals surface area contributed by atoms with Gasteiger partial charge in [-0.05, 0) is 18.9 Å². The monoisotopic (exact) mass is 227 g/mol. The predicted octanol–water partition coefficient (Wildman–Crippen LogP) is 3.08. The normalized spacial score (nSPS) is 11.3. The van der Waals surface area contributed by atoms with Gasteiger partial charge in [0, 0.05) is 11.6 Å². The molecule has 2 nitrogen and oxygen atoms in total. The zero-order valence-electron chi connectivity index (χ0n) is 8.98. The first-order valence-corrected chi connectivity index (χ1v) is 4.79. The predicted molar refractivity (Wildman–Crippen MR) is 66.6 cm³/mol. The smallest absolute Gasteiger partial charge is 0.123 e. The molecule has 0 bridgehead atoms. The third-order valence-electron chi connectivity index (χ3n) is 2.22. The maximum absolute atomic E-state index is 6.03. The fourth-order valence-corrected chi connectivity index (χ4v) is 1.43. The van der Waals surface area contributed by atoms with Crippen LogP contribution in [0.3, 0.4) is 0 Å². The van der Waals surface area contributed by atoms with Crippen LogP contribution in [0.15, 0.2) is 36.9 Å². The van der Waals surface area contributed by atoms with Crippen LogP contribution in [0.5, 0.6) is 5.75 Å². The van der Waals surface area contributed by atoms with Crippen LogP contribution in [0.1, 0.15) is 24.4 Å². The minimum Gasteiger partial charge on any atom is -0.496 e. The molecule has 1 aromatic carbocycles. The molecule has 0 aliphatic heterocycles. The molecule has 84 valence electrons. The first-order chi connectivity index (χ1) is 6.79. The highest BCUT2D eigenvalue weighted by molar-refractivity contribution is 5.85. The van der Waals surface area contributed by atoms with Gasteiger partial charge in [0.05, 0.1) is 7.11 Å². The quantitative estimate of drug-likeness (QED) is 0.785. The standard InChI is InChI=1S/C12H17NO.ClH/c1-3-4-8-11(13)10-7-5-6-9-12(10)14-2;/h3,5-7,9,11H,1,4,8,13H2,2H3;1H/t11-;/m1./s1. The Morgan fingerprint density at radius 2 is 2.13 bits per heavy atom. The molecule has 3 heteroatoms. The molecule has 0 heterocycles. The van der Waals surface area contributed by atoms with E-state index in [4.69, 9.17) is 10.5 Å². The van der Waals surface area contributed by atoms with Crippen molar-refractivity contribution >= 4 is 12.4 Å². The van der Waals surface area contributed by atoms with Gasteiger partial charge in [-0.1, -0.05) is 24.3 Å². The van der Waals surface area contributed by atoms with Gasteiger partial charge in [-0.25, -0.2) is 0 Å². The molecule has 1 aromatic rings. The zero-order chi connectivity index (χ0) is 10.4. The lowest BCUT2D eigenvalue weighted by Gasteiger charge is -2.14. The summed E-state index contributed by atoms with van der Waals surface area (Å²) in [6.07, 6.45) is 3.72. The molecule has 0 spiro atoms. The summed E-state index contributed by atoms with van der Waals surface area (Å²) in [5.74, 6) is 0.865. The Labute approximate surface area is 97.5 Å². The summed E-state index contributed by atoms with van der Waals surface area (Å²) in [6, 6.07) is 7.90. The summed E-state index contributed by atoms with van der Waals surface area (Å²) in [5, 5.41) is 0. The van der Waals surface area contributed by atoms with Gasteiger partial charge in [-0.15, -0.1) is 19.0 Å². The van der Waals surface area contributed by atoms with Crippen molar-refractivity contribution in [2.24, 2.45) is 5.73 Å². The van der Waals surface area contributed by atoms with Crippen LogP contribution in [0, 0.1) is 0 Å². The van der Waals surface area contributed by atoms with Gasteiger partial charge in [0.15, 0.2) is 0 Å². The van der Waals surface area contributed by atoms with Crippen molar-refractivity contribution in [3.63, 3.8) is 0 Å². The van der Waals surface area contributed by atoms with Crippen molar-refractivity contribution in [1.29, 1.82) is 0 Å². The summed E-state index contributed by atoms with van der Waals surface area (Å²) in [7, 11) is 1.67. The number of nitrogens with two attached hydrogens (primary N) is 1. The summed E-state index contributed by atoms with van der Waals surface area (Å²) in [6.45, 7) is 3.68. The lowest BCUT2D eigenvalue weighted by Crippen LogP contribution is -2.10. The highest BCUT2D eigenvalue weighted by atomic mass is 35.5. The minimum atomic E-state index is 0. The molecule has 0 saturated carbocycles. The molecular formula is C12H18ClNO. The van der Waals surface area contributed by atoms with Crippen molar-refractivity contribution in [2.45, 2.75) is 18.9 Å². The van der Waals surface area contributed by atoms with Crippen molar-refractivity contribution in [1.82, 2.24) is 0 Å². The Balaban J connectivity index is 0.00000196. The molecule has 2 N–H and O–H groups in total. The lowest BCUT2D eigenvalue weighted by atomic mass is 10.0. The van der Waals surface area contributed by atoms with E-state index in [-0.39, 0.29) is 18.4 Å². The van der Waals surface area contributed by atoms with E-state index in [0.29, 0.717) is 0 Å². The van der Waals surface area contributed by atoms with Crippen molar-refractivity contribution in [3.05, 3.63) is 42.5 Å². The second-order valence-electron chi connectivity index (χ2n) is 3.21. The average molecular weight is 228 g/mol. The molecule has 0 aliphatic rings. The first kappa shape index (κ1) is 14.0. The van der Waals surface area contributed by atoms with E-state index in [1.807, 2.05) is 30.3 Å². The number of hydrogen-bond donors (Lipinski definition) is 1. The van der Waals surface area contributed by atoms with E-state index < -0.39 is 0 Å². The van der Waals surface area contributed by atoms with Crippen LogP contribution in [0.25, 0.3) is 0 Å². The summed E-state index contributed by atoms with van der Waals surface area (Å²) in [4.78, 5) is 0. The van der Waals surface area contributed by atoms with E-state index >= 15 is 0 Å². The molecule has 15 heavy (non-hydrogen) atoms. The number of allylic oxidation sites excluding steroid dienone is 1. The molecule has 0 fully saturated rings. The highest BCUT2D eigenvalue weighted by Crippen LogP contribution is 2.25. The maximum Gasteiger partial charge on any atom is 0.123 e. The van der Waals surface area contributed by atoms with Gasteiger partial charge in [-0.2, -0.15) is 0 Å². The number of hydrogen-bond acceptors (Lipinski definition) is 2. The van der Waals surface area contributed by atoms with Crippen LogP contribution in [-0.2, 0) is 0 Å². The van der Waals surface area contributed by atoms with E-state index in [0.717, 1.165) is 24.2 Å². The second-order valence-corrected chi connectivity index (χ2v) is 3.21. The highest BCUT2D eigenvalue weighted by Gasteiger charge is 2.09. The maximum atomic E-state index is 6.03. The summed E-state index contributed by atoms with van der Waals surface area (Å²) < 4.78 is 5.24. The number of halogens is 1. The Morgan fingerprint density at radius 3 is 2.73 bits per heavy atom. The molecule has 1 atom stereocenters. The van der Waals surface area contributed by atoms with Crippen LogP contribution in [0.4, 0.5) is 0 Å². The SMILES string of the molecule is C=CCC[C@@H](N)c1ccccc1OC.Cl. The lowest BCUT2D eigenvalue weighted by molar-refractivity contribution is 0.404. The number of rotatable bonds is 5. The van der Waals surface area contributed by atoms with Gasteiger partial charge < -0.3 is 10.5 Å². The van der Waals surface area contributed by atoms with Gasteiger partial charge in [0.2, 0.25) is 0 Å². The third-order valence-corrected chi connectivity index (χ3v) is 2.22. The van der Waals surface area contributed by atoms with Crippen molar-refractivity contribution < 1.29 is 4.74 Å². The molecule has 0 amide bonds. The van der Waals surface area contributed by atoms with Crippen LogP contribution >= 0.6 is 12.4 Å². The van der Waals surface area contributed by atoms with E-state index in [9.17, 15) is 0 Å². The van der Waals surface area contributed by atoms with Gasteiger partial charge in [0.25, 0.3) is 0 Å². The van der Waals surface area contributed by atoms with Crippen LogP contribution < -0.4 is 10.5 Å². The molecule has 0 radical (unpaired) electrons. The number of ether oxygens (including phenoxy) is 1. The molecule has 0 aliphatic carbocycles. The third kappa shape index (κ3) is 3.94. The number of benzene rings is 1. The first-order valence-electron chi connectivity index (χ1n) is 4.79. The van der Waals surface area contributed by atoms with Crippen LogP contribution in [0.2, 0.25) is 0 Å². The summed E-state index contributed by atoms with van der Waals surface area (Å²) >= 11 is 0. The van der Waals surface area contributed by atoms with Crippen molar-refractivity contribution in [2.75, 3.05) is 7.11 Å². The molecule has 0 aromatic heterocycles. The minimum absolute atomic E-state index is 0.